The Balaban J connectivity index is 2.14. The molecule has 2 rings (SSSR count). The van der Waals surface area contributed by atoms with Crippen molar-refractivity contribution in [1.82, 2.24) is 4.90 Å². The molecule has 1 aromatic carbocycles. The van der Waals surface area contributed by atoms with Crippen LogP contribution in [0.3, 0.4) is 0 Å². The van der Waals surface area contributed by atoms with E-state index in [0.29, 0.717) is 17.0 Å². The molecule has 0 radical (unpaired) electrons. The summed E-state index contributed by atoms with van der Waals surface area (Å²) < 4.78 is 5.96. The van der Waals surface area contributed by atoms with Gasteiger partial charge in [0.2, 0.25) is 0 Å². The summed E-state index contributed by atoms with van der Waals surface area (Å²) >= 11 is 0. The van der Waals surface area contributed by atoms with Crippen LogP contribution in [0.2, 0.25) is 0 Å². The van der Waals surface area contributed by atoms with Crippen molar-refractivity contribution in [3.8, 4) is 5.75 Å². The van der Waals surface area contributed by atoms with Gasteiger partial charge in [-0.05, 0) is 43.9 Å². The fourth-order valence-electron chi connectivity index (χ4n) is 2.39. The summed E-state index contributed by atoms with van der Waals surface area (Å²) in [5.41, 5.74) is 7.15. The lowest BCUT2D eigenvalue weighted by Crippen LogP contribution is -2.23. The molecule has 0 aromatic heterocycles. The summed E-state index contributed by atoms with van der Waals surface area (Å²) in [6, 6.07) is 5.24. The maximum Gasteiger partial charge on any atom is 0.253 e. The highest BCUT2D eigenvalue weighted by atomic mass is 16.5. The van der Waals surface area contributed by atoms with Gasteiger partial charge < -0.3 is 15.4 Å². The van der Waals surface area contributed by atoms with Gasteiger partial charge in [-0.25, -0.2) is 0 Å². The number of ether oxygens (including phenoxy) is 1. The fourth-order valence-corrected chi connectivity index (χ4v) is 2.39. The zero-order valence-electron chi connectivity index (χ0n) is 11.7. The summed E-state index contributed by atoms with van der Waals surface area (Å²) in [5.74, 6) is 0.605. The highest BCUT2D eigenvalue weighted by Gasteiger charge is 2.17. The van der Waals surface area contributed by atoms with Gasteiger partial charge in [-0.2, -0.15) is 0 Å². The van der Waals surface area contributed by atoms with E-state index in [1.807, 2.05) is 0 Å². The van der Waals surface area contributed by atoms with Crippen molar-refractivity contribution in [1.29, 1.82) is 0 Å². The van der Waals surface area contributed by atoms with Crippen LogP contribution in [-0.2, 0) is 0 Å². The minimum atomic E-state index is -0.0338. The van der Waals surface area contributed by atoms with Gasteiger partial charge in [0.25, 0.3) is 5.91 Å². The molecule has 0 saturated heterocycles. The Labute approximate surface area is 114 Å². The number of hydrogen-bond donors (Lipinski definition) is 1. The van der Waals surface area contributed by atoms with Crippen LogP contribution in [0.15, 0.2) is 18.2 Å². The van der Waals surface area contributed by atoms with Crippen molar-refractivity contribution >= 4 is 11.6 Å². The van der Waals surface area contributed by atoms with Crippen LogP contribution in [0.5, 0.6) is 5.75 Å². The minimum absolute atomic E-state index is 0.0338. The minimum Gasteiger partial charge on any atom is -0.488 e. The van der Waals surface area contributed by atoms with Crippen LogP contribution >= 0.6 is 0 Å². The average molecular weight is 262 g/mol. The van der Waals surface area contributed by atoms with Crippen molar-refractivity contribution in [3.63, 3.8) is 0 Å². The monoisotopic (exact) mass is 262 g/mol. The number of nitrogens with zero attached hydrogens (tertiary/aromatic N) is 1. The Kier molecular flexibility index (Phi) is 4.30. The number of hydrogen-bond acceptors (Lipinski definition) is 3. The summed E-state index contributed by atoms with van der Waals surface area (Å²) in [6.07, 6.45) is 6.09. The van der Waals surface area contributed by atoms with Gasteiger partial charge >= 0.3 is 0 Å². The zero-order valence-corrected chi connectivity index (χ0v) is 11.7. The molecule has 19 heavy (non-hydrogen) atoms. The van der Waals surface area contributed by atoms with Crippen LogP contribution in [0.1, 0.15) is 42.5 Å². The molecule has 2 N–H and O–H groups in total. The third-order valence-electron chi connectivity index (χ3n) is 3.51. The molecular formula is C15H22N2O2. The molecule has 1 aromatic rings. The fraction of sp³-hybridized carbons (Fsp3) is 0.533. The maximum atomic E-state index is 11.9. The SMILES string of the molecule is CN(C)C(=O)c1ccc(N)c(OC2CCCCC2)c1. The molecule has 0 atom stereocenters. The topological polar surface area (TPSA) is 55.6 Å². The second kappa shape index (κ2) is 5.95. The molecule has 1 amide bonds. The van der Waals surface area contributed by atoms with Crippen LogP contribution in [0.4, 0.5) is 5.69 Å². The predicted octanol–water partition coefficient (Wildman–Crippen LogP) is 2.68. The molecule has 1 saturated carbocycles. The first-order valence-electron chi connectivity index (χ1n) is 6.86. The highest BCUT2D eigenvalue weighted by Crippen LogP contribution is 2.28. The van der Waals surface area contributed by atoms with Crippen LogP contribution in [0.25, 0.3) is 0 Å². The second-order valence-corrected chi connectivity index (χ2v) is 5.33. The van der Waals surface area contributed by atoms with Gasteiger partial charge in [-0.15, -0.1) is 0 Å². The normalized spacial score (nSPS) is 16.1. The molecule has 0 bridgehead atoms. The first-order chi connectivity index (χ1) is 9.08. The zero-order chi connectivity index (χ0) is 13.8. The molecular weight excluding hydrogens is 240 g/mol. The molecule has 4 nitrogen and oxygen atoms in total. The highest BCUT2D eigenvalue weighted by molar-refractivity contribution is 5.94. The van der Waals surface area contributed by atoms with E-state index < -0.39 is 0 Å². The molecule has 1 fully saturated rings. The average Bonchev–Trinajstić information content (AvgIpc) is 2.41. The van der Waals surface area contributed by atoms with Crippen LogP contribution in [-0.4, -0.2) is 31.0 Å². The number of carbonyl (C=O) groups excluding carboxylic acids is 1. The Morgan fingerprint density at radius 3 is 2.58 bits per heavy atom. The Hall–Kier alpha value is -1.71. The third-order valence-corrected chi connectivity index (χ3v) is 3.51. The molecule has 4 heteroatoms. The number of amides is 1. The second-order valence-electron chi connectivity index (χ2n) is 5.33. The van der Waals surface area contributed by atoms with E-state index in [0.717, 1.165) is 12.8 Å². The number of anilines is 1. The van der Waals surface area contributed by atoms with E-state index in [2.05, 4.69) is 0 Å². The smallest absolute Gasteiger partial charge is 0.253 e. The van der Waals surface area contributed by atoms with Gasteiger partial charge in [0.15, 0.2) is 0 Å². The lowest BCUT2D eigenvalue weighted by Gasteiger charge is -2.24. The van der Waals surface area contributed by atoms with E-state index in [9.17, 15) is 4.79 Å². The van der Waals surface area contributed by atoms with E-state index in [-0.39, 0.29) is 12.0 Å². The Bertz CT molecular complexity index is 451. The number of carbonyl (C=O) groups is 1. The molecule has 1 aliphatic carbocycles. The van der Waals surface area contributed by atoms with Gasteiger partial charge in [0.1, 0.15) is 5.75 Å². The van der Waals surface area contributed by atoms with E-state index in [1.165, 1.54) is 19.3 Å². The summed E-state index contributed by atoms with van der Waals surface area (Å²) in [6.45, 7) is 0. The van der Waals surface area contributed by atoms with Gasteiger partial charge in [0.05, 0.1) is 11.8 Å². The largest absolute Gasteiger partial charge is 0.488 e. The van der Waals surface area contributed by atoms with Gasteiger partial charge in [-0.3, -0.25) is 4.79 Å². The summed E-state index contributed by atoms with van der Waals surface area (Å²) in [7, 11) is 3.47. The van der Waals surface area contributed by atoms with Crippen molar-refractivity contribution in [2.24, 2.45) is 0 Å². The van der Waals surface area contributed by atoms with Crippen molar-refractivity contribution in [2.45, 2.75) is 38.2 Å². The van der Waals surface area contributed by atoms with Crippen molar-refractivity contribution < 1.29 is 9.53 Å². The van der Waals surface area contributed by atoms with Gasteiger partial charge in [0, 0.05) is 19.7 Å². The van der Waals surface area contributed by atoms with Gasteiger partial charge in [-0.1, -0.05) is 6.42 Å². The lowest BCUT2D eigenvalue weighted by molar-refractivity contribution is 0.0826. The molecule has 0 spiro atoms. The van der Waals surface area contributed by atoms with E-state index in [1.54, 1.807) is 37.2 Å². The Morgan fingerprint density at radius 2 is 1.95 bits per heavy atom. The summed E-state index contributed by atoms with van der Waals surface area (Å²) in [4.78, 5) is 13.5. The maximum absolute atomic E-state index is 11.9. The Morgan fingerprint density at radius 1 is 1.26 bits per heavy atom. The number of nitrogens with two attached hydrogens (primary N) is 1. The molecule has 1 aliphatic rings. The summed E-state index contributed by atoms with van der Waals surface area (Å²) in [5, 5.41) is 0. The molecule has 0 unspecified atom stereocenters. The molecule has 0 aliphatic heterocycles. The predicted molar refractivity (Wildman–Crippen MR) is 76.4 cm³/mol. The molecule has 0 heterocycles. The van der Waals surface area contributed by atoms with E-state index in [4.69, 9.17) is 10.5 Å². The first-order valence-corrected chi connectivity index (χ1v) is 6.86. The quantitative estimate of drug-likeness (QED) is 0.852. The third kappa shape index (κ3) is 3.40. The van der Waals surface area contributed by atoms with Crippen molar-refractivity contribution in [3.05, 3.63) is 23.8 Å². The number of benzene rings is 1. The number of nitrogen functional groups attached to an aromatic ring is 1. The van der Waals surface area contributed by atoms with Crippen LogP contribution in [0, 0.1) is 0 Å². The number of rotatable bonds is 3. The first kappa shape index (κ1) is 13.7. The standard InChI is InChI=1S/C15H22N2O2/c1-17(2)15(18)11-8-9-13(16)14(10-11)19-12-6-4-3-5-7-12/h8-10,12H,3-7,16H2,1-2H3. The van der Waals surface area contributed by atoms with Crippen molar-refractivity contribution in [2.75, 3.05) is 19.8 Å². The lowest BCUT2D eigenvalue weighted by atomic mass is 9.98. The van der Waals surface area contributed by atoms with E-state index >= 15 is 0 Å². The molecule has 104 valence electrons. The van der Waals surface area contributed by atoms with Crippen LogP contribution < -0.4 is 10.5 Å².